The molecule has 0 aliphatic carbocycles. The van der Waals surface area contributed by atoms with Crippen molar-refractivity contribution >= 4 is 29.0 Å². The fraction of sp³-hybridized carbons (Fsp3) is 0.462. The van der Waals surface area contributed by atoms with Gasteiger partial charge in [0.1, 0.15) is 5.78 Å². The topological polar surface area (TPSA) is 29.1 Å². The predicted octanol–water partition coefficient (Wildman–Crippen LogP) is 3.49. The van der Waals surface area contributed by atoms with Gasteiger partial charge in [-0.25, -0.2) is 0 Å². The number of Topliss-reactive ketones (excluding diaryl/α,β-unsaturated/α-hetero) is 1. The zero-order chi connectivity index (χ0) is 12.8. The molecule has 1 unspecified atom stereocenters. The molecule has 17 heavy (non-hydrogen) atoms. The van der Waals surface area contributed by atoms with Gasteiger partial charge in [-0.1, -0.05) is 36.2 Å². The van der Waals surface area contributed by atoms with Gasteiger partial charge in [0.05, 0.1) is 10.0 Å². The molecule has 1 aromatic carbocycles. The molecule has 0 fully saturated rings. The second-order valence-electron chi connectivity index (χ2n) is 4.13. The summed E-state index contributed by atoms with van der Waals surface area (Å²) in [5, 5.41) is 4.23. The van der Waals surface area contributed by atoms with E-state index in [9.17, 15) is 4.79 Å². The molecule has 1 atom stereocenters. The van der Waals surface area contributed by atoms with Crippen LogP contribution >= 0.6 is 23.2 Å². The highest BCUT2D eigenvalue weighted by molar-refractivity contribution is 6.42. The minimum atomic E-state index is 0.205. The summed E-state index contributed by atoms with van der Waals surface area (Å²) in [6.07, 6.45) is 0.945. The number of halogens is 2. The highest BCUT2D eigenvalue weighted by Crippen LogP contribution is 2.23. The first-order chi connectivity index (χ1) is 8.02. The first-order valence-corrected chi connectivity index (χ1v) is 6.47. The Kier molecular flexibility index (Phi) is 5.96. The molecule has 1 N–H and O–H groups in total. The van der Waals surface area contributed by atoms with Crippen LogP contribution in [-0.2, 0) is 11.2 Å². The Balaban J connectivity index is 2.53. The van der Waals surface area contributed by atoms with Crippen molar-refractivity contribution in [2.75, 3.05) is 6.54 Å². The lowest BCUT2D eigenvalue weighted by molar-refractivity contribution is -0.118. The van der Waals surface area contributed by atoms with E-state index < -0.39 is 0 Å². The van der Waals surface area contributed by atoms with Crippen LogP contribution < -0.4 is 5.32 Å². The number of hydrogen-bond donors (Lipinski definition) is 1. The molecule has 0 spiro atoms. The van der Waals surface area contributed by atoms with E-state index in [0.717, 1.165) is 12.1 Å². The summed E-state index contributed by atoms with van der Waals surface area (Å²) < 4.78 is 0. The standard InChI is InChI=1S/C13H17Cl2NO/c1-3-16-9(2)6-11(17)7-10-4-5-12(14)13(15)8-10/h4-5,8-9,16H,3,6-7H2,1-2H3. The van der Waals surface area contributed by atoms with Crippen LogP contribution in [0, 0.1) is 0 Å². The average molecular weight is 274 g/mol. The average Bonchev–Trinajstić information content (AvgIpc) is 2.23. The zero-order valence-electron chi connectivity index (χ0n) is 10.1. The van der Waals surface area contributed by atoms with Crippen molar-refractivity contribution in [3.8, 4) is 0 Å². The van der Waals surface area contributed by atoms with Crippen molar-refractivity contribution in [3.63, 3.8) is 0 Å². The van der Waals surface area contributed by atoms with Gasteiger partial charge in [0.25, 0.3) is 0 Å². The van der Waals surface area contributed by atoms with Gasteiger partial charge >= 0.3 is 0 Å². The van der Waals surface area contributed by atoms with Crippen molar-refractivity contribution < 1.29 is 4.79 Å². The van der Waals surface area contributed by atoms with Crippen molar-refractivity contribution in [2.45, 2.75) is 32.7 Å². The summed E-state index contributed by atoms with van der Waals surface area (Å²) in [6, 6.07) is 5.53. The summed E-state index contributed by atoms with van der Waals surface area (Å²) >= 11 is 11.7. The zero-order valence-corrected chi connectivity index (χ0v) is 11.6. The van der Waals surface area contributed by atoms with Crippen LogP contribution in [0.4, 0.5) is 0 Å². The Morgan fingerprint density at radius 3 is 2.65 bits per heavy atom. The first-order valence-electron chi connectivity index (χ1n) is 5.72. The maximum absolute atomic E-state index is 11.8. The van der Waals surface area contributed by atoms with E-state index in [1.54, 1.807) is 12.1 Å². The number of hydrogen-bond acceptors (Lipinski definition) is 2. The highest BCUT2D eigenvalue weighted by atomic mass is 35.5. The number of carbonyl (C=O) groups excluding carboxylic acids is 1. The van der Waals surface area contributed by atoms with E-state index in [0.29, 0.717) is 22.9 Å². The van der Waals surface area contributed by atoms with Crippen LogP contribution in [0.25, 0.3) is 0 Å². The lowest BCUT2D eigenvalue weighted by Crippen LogP contribution is -2.28. The Bertz CT molecular complexity index is 393. The maximum atomic E-state index is 11.8. The SMILES string of the molecule is CCNC(C)CC(=O)Cc1ccc(Cl)c(Cl)c1. The summed E-state index contributed by atoms with van der Waals surface area (Å²) in [5.74, 6) is 0.205. The normalized spacial score (nSPS) is 12.5. The molecule has 1 rings (SSSR count). The van der Waals surface area contributed by atoms with Crippen LogP contribution in [0.3, 0.4) is 0 Å². The van der Waals surface area contributed by atoms with E-state index in [2.05, 4.69) is 5.32 Å². The van der Waals surface area contributed by atoms with Crippen LogP contribution in [-0.4, -0.2) is 18.4 Å². The Labute approximate surface area is 112 Å². The van der Waals surface area contributed by atoms with Gasteiger partial charge in [-0.15, -0.1) is 0 Å². The third-order valence-corrected chi connectivity index (χ3v) is 3.21. The number of ketones is 1. The molecule has 0 aliphatic rings. The minimum Gasteiger partial charge on any atom is -0.314 e. The number of nitrogens with one attached hydrogen (secondary N) is 1. The molecule has 0 aliphatic heterocycles. The second kappa shape index (κ2) is 7.00. The molecule has 2 nitrogen and oxygen atoms in total. The fourth-order valence-electron chi connectivity index (χ4n) is 1.71. The Morgan fingerprint density at radius 1 is 1.35 bits per heavy atom. The van der Waals surface area contributed by atoms with Gasteiger partial charge in [-0.2, -0.15) is 0 Å². The lowest BCUT2D eigenvalue weighted by Gasteiger charge is -2.11. The molecule has 0 aromatic heterocycles. The van der Waals surface area contributed by atoms with Crippen LogP contribution in [0.5, 0.6) is 0 Å². The maximum Gasteiger partial charge on any atom is 0.138 e. The van der Waals surface area contributed by atoms with Crippen molar-refractivity contribution in [1.29, 1.82) is 0 Å². The molecule has 1 aromatic rings. The third kappa shape index (κ3) is 5.07. The molecule has 94 valence electrons. The van der Waals surface area contributed by atoms with Gasteiger partial charge in [-0.3, -0.25) is 4.79 Å². The Hall–Kier alpha value is -0.570. The fourth-order valence-corrected chi connectivity index (χ4v) is 2.03. The summed E-state index contributed by atoms with van der Waals surface area (Å²) in [6.45, 7) is 4.91. The van der Waals surface area contributed by atoms with E-state index in [-0.39, 0.29) is 11.8 Å². The van der Waals surface area contributed by atoms with Gasteiger partial charge in [0, 0.05) is 18.9 Å². The summed E-state index contributed by atoms with van der Waals surface area (Å²) in [5.41, 5.74) is 0.910. The molecular weight excluding hydrogens is 257 g/mol. The van der Waals surface area contributed by atoms with Gasteiger partial charge in [0.15, 0.2) is 0 Å². The lowest BCUT2D eigenvalue weighted by atomic mass is 10.0. The quantitative estimate of drug-likeness (QED) is 0.860. The number of carbonyl (C=O) groups is 1. The molecule has 0 bridgehead atoms. The molecular formula is C13H17Cl2NO. The molecule has 0 saturated heterocycles. The van der Waals surface area contributed by atoms with Gasteiger partial charge in [0.2, 0.25) is 0 Å². The van der Waals surface area contributed by atoms with E-state index >= 15 is 0 Å². The van der Waals surface area contributed by atoms with Crippen molar-refractivity contribution in [3.05, 3.63) is 33.8 Å². The second-order valence-corrected chi connectivity index (χ2v) is 4.94. The minimum absolute atomic E-state index is 0.205. The summed E-state index contributed by atoms with van der Waals surface area (Å²) in [4.78, 5) is 11.8. The molecule has 0 radical (unpaired) electrons. The predicted molar refractivity (Wildman–Crippen MR) is 72.9 cm³/mol. The highest BCUT2D eigenvalue weighted by Gasteiger charge is 2.09. The molecule has 4 heteroatoms. The molecule has 0 saturated carbocycles. The molecule has 0 amide bonds. The van der Waals surface area contributed by atoms with Gasteiger partial charge in [-0.05, 0) is 31.2 Å². The van der Waals surface area contributed by atoms with E-state index in [1.807, 2.05) is 19.9 Å². The number of benzene rings is 1. The number of rotatable bonds is 6. The smallest absolute Gasteiger partial charge is 0.138 e. The van der Waals surface area contributed by atoms with Crippen molar-refractivity contribution in [1.82, 2.24) is 5.32 Å². The van der Waals surface area contributed by atoms with Crippen LogP contribution in [0.15, 0.2) is 18.2 Å². The Morgan fingerprint density at radius 2 is 2.06 bits per heavy atom. The molecule has 0 heterocycles. The van der Waals surface area contributed by atoms with Gasteiger partial charge < -0.3 is 5.32 Å². The first kappa shape index (κ1) is 14.5. The van der Waals surface area contributed by atoms with Crippen LogP contribution in [0.1, 0.15) is 25.8 Å². The largest absolute Gasteiger partial charge is 0.314 e. The van der Waals surface area contributed by atoms with Crippen molar-refractivity contribution in [2.24, 2.45) is 0 Å². The third-order valence-electron chi connectivity index (χ3n) is 2.47. The van der Waals surface area contributed by atoms with E-state index in [4.69, 9.17) is 23.2 Å². The van der Waals surface area contributed by atoms with Crippen LogP contribution in [0.2, 0.25) is 10.0 Å². The van der Waals surface area contributed by atoms with E-state index in [1.165, 1.54) is 0 Å². The summed E-state index contributed by atoms with van der Waals surface area (Å²) in [7, 11) is 0. The monoisotopic (exact) mass is 273 g/mol.